The zero-order chi connectivity index (χ0) is 23.3. The number of ether oxygens (including phenoxy) is 2. The molecule has 0 aliphatic carbocycles. The third-order valence-electron chi connectivity index (χ3n) is 5.52. The lowest BCUT2D eigenvalue weighted by atomic mass is 10.1. The van der Waals surface area contributed by atoms with Crippen LogP contribution in [0.15, 0.2) is 28.5 Å². The molecule has 0 radical (unpaired) electrons. The minimum absolute atomic E-state index is 0.00614. The lowest BCUT2D eigenvalue weighted by Crippen LogP contribution is -2.49. The molecule has 32 heavy (non-hydrogen) atoms. The lowest BCUT2D eigenvalue weighted by molar-refractivity contribution is 0.243. The van der Waals surface area contributed by atoms with Crippen LogP contribution in [0.25, 0.3) is 0 Å². The first-order chi connectivity index (χ1) is 15.3. The smallest absolute Gasteiger partial charge is 0.322 e. The van der Waals surface area contributed by atoms with E-state index in [0.717, 1.165) is 43.1 Å². The molecule has 1 aromatic heterocycles. The Morgan fingerprint density at radius 2 is 1.94 bits per heavy atom. The standard InChI is InChI=1S/C24H35N3O3S2/c1-7-18-15-19-22(31-18)32-24(2,3)16-27(19)23(28)25-11-13-26(4)12-10-17-8-9-20(29-5)21(14-17)30-6/h8-9,14-15H,7,10-13,16H2,1-6H3,(H,25,28). The van der Waals surface area contributed by atoms with Crippen LogP contribution in [0.4, 0.5) is 10.5 Å². The molecule has 1 N–H and O–H groups in total. The van der Waals surface area contributed by atoms with Crippen LogP contribution in [0.3, 0.4) is 0 Å². The van der Waals surface area contributed by atoms with Crippen LogP contribution in [0.1, 0.15) is 31.2 Å². The fraction of sp³-hybridized carbons (Fsp3) is 0.542. The maximum atomic E-state index is 13.0. The number of hydrogen-bond acceptors (Lipinski definition) is 6. The zero-order valence-electron chi connectivity index (χ0n) is 20.0. The van der Waals surface area contributed by atoms with Gasteiger partial charge in [-0.25, -0.2) is 4.79 Å². The summed E-state index contributed by atoms with van der Waals surface area (Å²) in [5.41, 5.74) is 2.26. The highest BCUT2D eigenvalue weighted by Gasteiger charge is 2.35. The number of benzene rings is 1. The van der Waals surface area contributed by atoms with Crippen molar-refractivity contribution >= 4 is 34.8 Å². The Morgan fingerprint density at radius 1 is 1.19 bits per heavy atom. The predicted octanol–water partition coefficient (Wildman–Crippen LogP) is 4.90. The Balaban J connectivity index is 1.50. The number of carbonyl (C=O) groups excluding carboxylic acids is 1. The predicted molar refractivity (Wildman–Crippen MR) is 135 cm³/mol. The number of likely N-dealkylation sites (N-methyl/N-ethyl adjacent to an activating group) is 1. The summed E-state index contributed by atoms with van der Waals surface area (Å²) >= 11 is 3.69. The highest BCUT2D eigenvalue weighted by Crippen LogP contribution is 2.48. The number of methoxy groups -OCH3 is 2. The highest BCUT2D eigenvalue weighted by molar-refractivity contribution is 8.02. The van der Waals surface area contributed by atoms with E-state index in [9.17, 15) is 4.79 Å². The summed E-state index contributed by atoms with van der Waals surface area (Å²) in [6.45, 7) is 9.59. The van der Waals surface area contributed by atoms with Gasteiger partial charge in [-0.3, -0.25) is 4.90 Å². The van der Waals surface area contributed by atoms with Crippen molar-refractivity contribution in [3.8, 4) is 11.5 Å². The summed E-state index contributed by atoms with van der Waals surface area (Å²) in [6.07, 6.45) is 1.90. The van der Waals surface area contributed by atoms with Gasteiger partial charge in [-0.15, -0.1) is 23.1 Å². The van der Waals surface area contributed by atoms with Crippen molar-refractivity contribution in [3.05, 3.63) is 34.7 Å². The Labute approximate surface area is 200 Å². The van der Waals surface area contributed by atoms with Crippen LogP contribution in [0, 0.1) is 0 Å². The van der Waals surface area contributed by atoms with Crippen molar-refractivity contribution < 1.29 is 14.3 Å². The summed E-state index contributed by atoms with van der Waals surface area (Å²) < 4.78 is 12.0. The minimum Gasteiger partial charge on any atom is -0.493 e. The number of thiophene rings is 1. The molecule has 1 aliphatic rings. The van der Waals surface area contributed by atoms with E-state index < -0.39 is 0 Å². The molecule has 2 aromatic rings. The number of carbonyl (C=O) groups is 1. The van der Waals surface area contributed by atoms with E-state index >= 15 is 0 Å². The molecule has 0 spiro atoms. The number of nitrogens with zero attached hydrogens (tertiary/aromatic N) is 2. The number of hydrogen-bond donors (Lipinski definition) is 1. The topological polar surface area (TPSA) is 54.0 Å². The van der Waals surface area contributed by atoms with E-state index in [-0.39, 0.29) is 10.8 Å². The second-order valence-corrected chi connectivity index (χ2v) is 11.8. The van der Waals surface area contributed by atoms with Gasteiger partial charge in [-0.05, 0) is 57.5 Å². The monoisotopic (exact) mass is 477 g/mol. The third kappa shape index (κ3) is 6.11. The molecule has 3 rings (SSSR count). The van der Waals surface area contributed by atoms with Crippen molar-refractivity contribution in [3.63, 3.8) is 0 Å². The summed E-state index contributed by atoms with van der Waals surface area (Å²) in [5.74, 6) is 1.49. The Morgan fingerprint density at radius 3 is 2.62 bits per heavy atom. The number of rotatable bonds is 9. The van der Waals surface area contributed by atoms with Crippen molar-refractivity contribution in [1.82, 2.24) is 10.2 Å². The van der Waals surface area contributed by atoms with Crippen molar-refractivity contribution in [2.24, 2.45) is 0 Å². The van der Waals surface area contributed by atoms with Gasteiger partial charge < -0.3 is 19.7 Å². The number of thioether (sulfide) groups is 1. The van der Waals surface area contributed by atoms with Gasteiger partial charge in [0.2, 0.25) is 0 Å². The van der Waals surface area contributed by atoms with Crippen LogP contribution in [-0.4, -0.2) is 63.1 Å². The number of amides is 2. The van der Waals surface area contributed by atoms with Crippen molar-refractivity contribution in [2.45, 2.75) is 42.6 Å². The van der Waals surface area contributed by atoms with Gasteiger partial charge in [0.1, 0.15) is 0 Å². The van der Waals surface area contributed by atoms with E-state index in [1.165, 1.54) is 14.6 Å². The van der Waals surface area contributed by atoms with Crippen molar-refractivity contribution in [1.29, 1.82) is 0 Å². The molecule has 0 unspecified atom stereocenters. The number of fused-ring (bicyclic) bond motifs is 1. The summed E-state index contributed by atoms with van der Waals surface area (Å²) in [4.78, 5) is 18.5. The average molecular weight is 478 g/mol. The second-order valence-electron chi connectivity index (χ2n) is 8.66. The fourth-order valence-corrected chi connectivity index (χ4v) is 6.66. The Hall–Kier alpha value is -1.90. The molecule has 2 amide bonds. The number of urea groups is 1. The fourth-order valence-electron chi connectivity index (χ4n) is 3.70. The van der Waals surface area contributed by atoms with Crippen LogP contribution in [0.2, 0.25) is 0 Å². The molecule has 176 valence electrons. The van der Waals surface area contributed by atoms with E-state index in [1.54, 1.807) is 14.2 Å². The van der Waals surface area contributed by atoms with E-state index in [0.29, 0.717) is 13.1 Å². The van der Waals surface area contributed by atoms with Gasteiger partial charge >= 0.3 is 6.03 Å². The molecule has 0 atom stereocenters. The average Bonchev–Trinajstić information content (AvgIpc) is 3.18. The number of nitrogens with one attached hydrogen (secondary N) is 1. The maximum Gasteiger partial charge on any atom is 0.322 e. The molecule has 6 nitrogen and oxygen atoms in total. The van der Waals surface area contributed by atoms with Crippen LogP contribution in [-0.2, 0) is 12.8 Å². The van der Waals surface area contributed by atoms with Gasteiger partial charge in [0, 0.05) is 35.8 Å². The summed E-state index contributed by atoms with van der Waals surface area (Å²) in [7, 11) is 5.38. The second kappa shape index (κ2) is 10.8. The number of aryl methyl sites for hydroxylation is 1. The maximum absolute atomic E-state index is 13.0. The zero-order valence-corrected chi connectivity index (χ0v) is 21.6. The largest absolute Gasteiger partial charge is 0.493 e. The van der Waals surface area contributed by atoms with Crippen LogP contribution in [0.5, 0.6) is 11.5 Å². The molecule has 0 fully saturated rings. The first kappa shape index (κ1) is 24.7. The molecule has 2 heterocycles. The minimum atomic E-state index is -0.00614. The molecule has 8 heteroatoms. The van der Waals surface area contributed by atoms with Crippen molar-refractivity contribution in [2.75, 3.05) is 52.3 Å². The Bertz CT molecular complexity index is 929. The van der Waals surface area contributed by atoms with Gasteiger partial charge in [0.05, 0.1) is 24.1 Å². The van der Waals surface area contributed by atoms with Crippen LogP contribution < -0.4 is 19.7 Å². The molecule has 1 aromatic carbocycles. The van der Waals surface area contributed by atoms with Gasteiger partial charge in [-0.1, -0.05) is 13.0 Å². The highest BCUT2D eigenvalue weighted by atomic mass is 32.2. The lowest BCUT2D eigenvalue weighted by Gasteiger charge is -2.37. The van der Waals surface area contributed by atoms with Gasteiger partial charge in [0.15, 0.2) is 11.5 Å². The summed E-state index contributed by atoms with van der Waals surface area (Å²) in [6, 6.07) is 8.20. The van der Waals surface area contributed by atoms with E-state index in [2.05, 4.69) is 50.2 Å². The SMILES string of the molecule is CCc1cc2c(s1)SC(C)(C)CN2C(=O)NCCN(C)CCc1ccc(OC)c(OC)c1. The first-order valence-corrected chi connectivity index (χ1v) is 12.7. The Kier molecular flexibility index (Phi) is 8.36. The molecular formula is C24H35N3O3S2. The molecule has 0 saturated carbocycles. The van der Waals surface area contributed by atoms with E-state index in [4.69, 9.17) is 9.47 Å². The summed E-state index contributed by atoms with van der Waals surface area (Å²) in [5, 5.41) is 3.12. The first-order valence-electron chi connectivity index (χ1n) is 11.0. The molecule has 0 saturated heterocycles. The molecule has 1 aliphatic heterocycles. The van der Waals surface area contributed by atoms with Gasteiger partial charge in [-0.2, -0.15) is 0 Å². The molecule has 0 bridgehead atoms. The quantitative estimate of drug-likeness (QED) is 0.557. The normalized spacial score (nSPS) is 14.9. The molecular weight excluding hydrogens is 442 g/mol. The van der Waals surface area contributed by atoms with E-state index in [1.807, 2.05) is 40.1 Å². The van der Waals surface area contributed by atoms with Gasteiger partial charge in [0.25, 0.3) is 0 Å². The number of anilines is 1. The third-order valence-corrected chi connectivity index (χ3v) is 8.16. The van der Waals surface area contributed by atoms with Crippen LogP contribution >= 0.6 is 23.1 Å².